The number of likely N-dealkylation sites (tertiary alicyclic amines) is 1. The van der Waals surface area contributed by atoms with Crippen LogP contribution in [0.15, 0.2) is 18.2 Å². The first kappa shape index (κ1) is 13.0. The van der Waals surface area contributed by atoms with E-state index in [4.69, 9.17) is 0 Å². The maximum absolute atomic E-state index is 13.8. The Bertz CT molecular complexity index is 447. The van der Waals surface area contributed by atoms with E-state index in [9.17, 15) is 9.18 Å². The van der Waals surface area contributed by atoms with Crippen LogP contribution in [0.4, 0.5) is 4.39 Å². The van der Waals surface area contributed by atoms with E-state index in [1.165, 1.54) is 6.07 Å². The van der Waals surface area contributed by atoms with Gasteiger partial charge >= 0.3 is 0 Å². The molecule has 1 amide bonds. The van der Waals surface area contributed by atoms with Gasteiger partial charge in [0.1, 0.15) is 5.82 Å². The van der Waals surface area contributed by atoms with Gasteiger partial charge in [-0.1, -0.05) is 6.07 Å². The fraction of sp³-hybridized carbons (Fsp3) is 0.500. The summed E-state index contributed by atoms with van der Waals surface area (Å²) in [6, 6.07) is 5.08. The summed E-state index contributed by atoms with van der Waals surface area (Å²) in [7, 11) is 1.89. The number of carbonyl (C=O) groups excluding carboxylic acids is 1. The van der Waals surface area contributed by atoms with Crippen molar-refractivity contribution in [3.8, 4) is 0 Å². The normalized spacial score (nSPS) is 19.9. The van der Waals surface area contributed by atoms with Gasteiger partial charge in [0.15, 0.2) is 0 Å². The lowest BCUT2D eigenvalue weighted by molar-refractivity contribution is 0.0693. The summed E-state index contributed by atoms with van der Waals surface area (Å²) in [5.74, 6) is -0.626. The molecule has 3 nitrogen and oxygen atoms in total. The monoisotopic (exact) mass is 250 g/mol. The molecule has 0 unspecified atom stereocenters. The number of likely N-dealkylation sites (N-methyl/N-ethyl adjacent to an activating group) is 1. The SMILES string of the molecule is CN[C@H]1CCCN(C(=O)c2ccc(C)cc2F)C1. The Morgan fingerprint density at radius 3 is 2.94 bits per heavy atom. The van der Waals surface area contributed by atoms with E-state index >= 15 is 0 Å². The second kappa shape index (κ2) is 5.48. The second-order valence-corrected chi connectivity index (χ2v) is 4.86. The molecule has 1 aromatic rings. The van der Waals surface area contributed by atoms with Gasteiger partial charge in [-0.25, -0.2) is 4.39 Å². The molecule has 1 aromatic carbocycles. The van der Waals surface area contributed by atoms with E-state index in [-0.39, 0.29) is 11.5 Å². The Morgan fingerprint density at radius 2 is 2.28 bits per heavy atom. The average Bonchev–Trinajstić information content (AvgIpc) is 2.38. The molecule has 2 rings (SSSR count). The zero-order valence-corrected chi connectivity index (χ0v) is 10.9. The molecule has 0 aromatic heterocycles. The molecule has 1 N–H and O–H groups in total. The summed E-state index contributed by atoms with van der Waals surface area (Å²) in [5.41, 5.74) is 1.01. The molecule has 1 aliphatic heterocycles. The molecule has 1 fully saturated rings. The number of halogens is 1. The van der Waals surface area contributed by atoms with Crippen LogP contribution >= 0.6 is 0 Å². The molecule has 0 saturated carbocycles. The second-order valence-electron chi connectivity index (χ2n) is 4.86. The molecule has 0 bridgehead atoms. The zero-order chi connectivity index (χ0) is 13.1. The Hall–Kier alpha value is -1.42. The van der Waals surface area contributed by atoms with Crippen LogP contribution in [0, 0.1) is 12.7 Å². The lowest BCUT2D eigenvalue weighted by Crippen LogP contribution is -2.47. The molecule has 0 aliphatic carbocycles. The fourth-order valence-corrected chi connectivity index (χ4v) is 2.36. The van der Waals surface area contributed by atoms with Crippen molar-refractivity contribution in [3.63, 3.8) is 0 Å². The lowest BCUT2D eigenvalue weighted by atomic mass is 10.0. The average molecular weight is 250 g/mol. The first-order valence-electron chi connectivity index (χ1n) is 6.34. The van der Waals surface area contributed by atoms with Crippen LogP contribution in [0.5, 0.6) is 0 Å². The number of nitrogens with one attached hydrogen (secondary N) is 1. The number of amides is 1. The summed E-state index contributed by atoms with van der Waals surface area (Å²) in [6.45, 7) is 3.18. The predicted octanol–water partition coefficient (Wildman–Crippen LogP) is 1.96. The summed E-state index contributed by atoms with van der Waals surface area (Å²) in [4.78, 5) is 14.0. The van der Waals surface area contributed by atoms with Crippen molar-refractivity contribution in [2.45, 2.75) is 25.8 Å². The van der Waals surface area contributed by atoms with Crippen LogP contribution in [0.2, 0.25) is 0 Å². The van der Waals surface area contributed by atoms with Crippen molar-refractivity contribution in [1.29, 1.82) is 0 Å². The number of hydrogen-bond donors (Lipinski definition) is 1. The van der Waals surface area contributed by atoms with E-state index < -0.39 is 5.82 Å². The van der Waals surface area contributed by atoms with Gasteiger partial charge in [-0.05, 0) is 44.5 Å². The van der Waals surface area contributed by atoms with Crippen LogP contribution in [0.25, 0.3) is 0 Å². The molecule has 1 atom stereocenters. The Labute approximate surface area is 107 Å². The van der Waals surface area contributed by atoms with Gasteiger partial charge in [0.05, 0.1) is 5.56 Å². The Balaban J connectivity index is 2.15. The minimum absolute atomic E-state index is 0.178. The third-order valence-corrected chi connectivity index (χ3v) is 3.47. The van der Waals surface area contributed by atoms with Gasteiger partial charge in [0.25, 0.3) is 5.91 Å². The standard InChI is InChI=1S/C14H19FN2O/c1-10-5-6-12(13(15)8-10)14(18)17-7-3-4-11(9-17)16-2/h5-6,8,11,16H,3-4,7,9H2,1-2H3/t11-/m0/s1. The number of nitrogens with zero attached hydrogens (tertiary/aromatic N) is 1. The molecule has 0 spiro atoms. The van der Waals surface area contributed by atoms with E-state index in [1.807, 2.05) is 14.0 Å². The van der Waals surface area contributed by atoms with Crippen LogP contribution < -0.4 is 5.32 Å². The molecule has 4 heteroatoms. The molecular weight excluding hydrogens is 231 g/mol. The van der Waals surface area contributed by atoms with Gasteiger partial charge in [0.2, 0.25) is 0 Å². The highest BCUT2D eigenvalue weighted by Gasteiger charge is 2.25. The first-order chi connectivity index (χ1) is 8.61. The van der Waals surface area contributed by atoms with Crippen LogP contribution in [-0.4, -0.2) is 37.0 Å². The molecular formula is C14H19FN2O. The largest absolute Gasteiger partial charge is 0.337 e. The molecule has 0 radical (unpaired) electrons. The minimum Gasteiger partial charge on any atom is -0.337 e. The van der Waals surface area contributed by atoms with Crippen LogP contribution in [0.3, 0.4) is 0 Å². The highest BCUT2D eigenvalue weighted by molar-refractivity contribution is 5.94. The molecule has 18 heavy (non-hydrogen) atoms. The maximum Gasteiger partial charge on any atom is 0.256 e. The highest BCUT2D eigenvalue weighted by atomic mass is 19.1. The molecule has 98 valence electrons. The summed E-state index contributed by atoms with van der Waals surface area (Å²) >= 11 is 0. The number of aryl methyl sites for hydroxylation is 1. The zero-order valence-electron chi connectivity index (χ0n) is 10.9. The van der Waals surface area contributed by atoms with Crippen LogP contribution in [0.1, 0.15) is 28.8 Å². The lowest BCUT2D eigenvalue weighted by Gasteiger charge is -2.32. The number of piperidine rings is 1. The van der Waals surface area contributed by atoms with E-state index in [1.54, 1.807) is 17.0 Å². The minimum atomic E-state index is -0.424. The molecule has 1 aliphatic rings. The third-order valence-electron chi connectivity index (χ3n) is 3.47. The number of rotatable bonds is 2. The van der Waals surface area contributed by atoms with Crippen molar-refractivity contribution in [3.05, 3.63) is 35.1 Å². The van der Waals surface area contributed by atoms with Crippen LogP contribution in [-0.2, 0) is 0 Å². The Morgan fingerprint density at radius 1 is 1.50 bits per heavy atom. The van der Waals surface area contributed by atoms with Gasteiger partial charge < -0.3 is 10.2 Å². The van der Waals surface area contributed by atoms with E-state index in [0.29, 0.717) is 19.1 Å². The van der Waals surface area contributed by atoms with Crippen molar-refractivity contribution >= 4 is 5.91 Å². The summed E-state index contributed by atoms with van der Waals surface area (Å²) < 4.78 is 13.8. The van der Waals surface area contributed by atoms with Crippen molar-refractivity contribution in [2.24, 2.45) is 0 Å². The number of hydrogen-bond acceptors (Lipinski definition) is 2. The first-order valence-corrected chi connectivity index (χ1v) is 6.34. The summed E-state index contributed by atoms with van der Waals surface area (Å²) in [6.07, 6.45) is 2.03. The van der Waals surface area contributed by atoms with E-state index in [0.717, 1.165) is 18.4 Å². The Kier molecular flexibility index (Phi) is 3.97. The van der Waals surface area contributed by atoms with Gasteiger partial charge in [-0.2, -0.15) is 0 Å². The fourth-order valence-electron chi connectivity index (χ4n) is 2.36. The van der Waals surface area contributed by atoms with Gasteiger partial charge in [0, 0.05) is 19.1 Å². The van der Waals surface area contributed by atoms with Crippen molar-refractivity contribution in [2.75, 3.05) is 20.1 Å². The number of benzene rings is 1. The van der Waals surface area contributed by atoms with E-state index in [2.05, 4.69) is 5.32 Å². The predicted molar refractivity (Wildman–Crippen MR) is 69.1 cm³/mol. The quantitative estimate of drug-likeness (QED) is 0.870. The smallest absolute Gasteiger partial charge is 0.256 e. The van der Waals surface area contributed by atoms with Crippen molar-refractivity contribution in [1.82, 2.24) is 10.2 Å². The molecule has 1 heterocycles. The topological polar surface area (TPSA) is 32.3 Å². The van der Waals surface area contributed by atoms with Gasteiger partial charge in [-0.3, -0.25) is 4.79 Å². The highest BCUT2D eigenvalue weighted by Crippen LogP contribution is 2.16. The van der Waals surface area contributed by atoms with Crippen molar-refractivity contribution < 1.29 is 9.18 Å². The maximum atomic E-state index is 13.8. The third kappa shape index (κ3) is 2.70. The van der Waals surface area contributed by atoms with Gasteiger partial charge in [-0.15, -0.1) is 0 Å². The molecule has 1 saturated heterocycles. The number of carbonyl (C=O) groups is 1. The summed E-state index contributed by atoms with van der Waals surface area (Å²) in [5, 5.41) is 3.18.